The molecule has 0 radical (unpaired) electrons. The Morgan fingerprint density at radius 1 is 1.35 bits per heavy atom. The summed E-state index contributed by atoms with van der Waals surface area (Å²) < 4.78 is 0. The molecule has 1 amide bonds. The van der Waals surface area contributed by atoms with E-state index in [1.54, 1.807) is 6.92 Å². The second kappa shape index (κ2) is 5.90. The maximum atomic E-state index is 12.4. The van der Waals surface area contributed by atoms with Gasteiger partial charge in [-0.05, 0) is 24.5 Å². The fourth-order valence-electron chi connectivity index (χ4n) is 2.58. The van der Waals surface area contributed by atoms with E-state index in [1.165, 1.54) is 4.90 Å². The summed E-state index contributed by atoms with van der Waals surface area (Å²) in [6.07, 6.45) is 2.97. The number of allylic oxidation sites excluding steroid dienone is 1. The van der Waals surface area contributed by atoms with Crippen molar-refractivity contribution < 1.29 is 14.7 Å². The van der Waals surface area contributed by atoms with Crippen molar-refractivity contribution in [2.45, 2.75) is 39.3 Å². The van der Waals surface area contributed by atoms with Gasteiger partial charge in [-0.2, -0.15) is 0 Å². The lowest BCUT2D eigenvalue weighted by molar-refractivity contribution is -0.149. The Morgan fingerprint density at radius 3 is 2.60 bits per heavy atom. The fraction of sp³-hybridized carbons (Fsp3) is 0.375. The van der Waals surface area contributed by atoms with Crippen molar-refractivity contribution in [2.75, 3.05) is 0 Å². The predicted octanol–water partition coefficient (Wildman–Crippen LogP) is 2.38. The number of nitrogens with zero attached hydrogens (tertiary/aromatic N) is 1. The molecule has 0 unspecified atom stereocenters. The molecule has 0 aromatic heterocycles. The van der Waals surface area contributed by atoms with Gasteiger partial charge in [-0.3, -0.25) is 4.79 Å². The number of carbonyl (C=O) groups is 2. The molecule has 1 aromatic rings. The van der Waals surface area contributed by atoms with Crippen LogP contribution in [0.25, 0.3) is 0 Å². The van der Waals surface area contributed by atoms with Gasteiger partial charge in [0.05, 0.1) is 0 Å². The maximum Gasteiger partial charge on any atom is 0.326 e. The Morgan fingerprint density at radius 2 is 2.00 bits per heavy atom. The molecule has 0 bridgehead atoms. The van der Waals surface area contributed by atoms with E-state index in [0.717, 1.165) is 17.5 Å². The van der Waals surface area contributed by atoms with Crippen molar-refractivity contribution in [3.8, 4) is 0 Å². The number of hydrogen-bond acceptors (Lipinski definition) is 2. The van der Waals surface area contributed by atoms with E-state index in [9.17, 15) is 14.7 Å². The van der Waals surface area contributed by atoms with Gasteiger partial charge in [-0.25, -0.2) is 4.79 Å². The van der Waals surface area contributed by atoms with Gasteiger partial charge in [-0.15, -0.1) is 0 Å². The minimum atomic E-state index is -0.947. The van der Waals surface area contributed by atoms with Crippen LogP contribution < -0.4 is 0 Å². The van der Waals surface area contributed by atoms with Crippen molar-refractivity contribution in [1.29, 1.82) is 0 Å². The van der Waals surface area contributed by atoms with Gasteiger partial charge in [0.1, 0.15) is 6.04 Å². The molecule has 1 N–H and O–H groups in total. The van der Waals surface area contributed by atoms with E-state index in [2.05, 4.69) is 0 Å². The van der Waals surface area contributed by atoms with E-state index in [4.69, 9.17) is 0 Å². The highest BCUT2D eigenvalue weighted by molar-refractivity contribution is 5.95. The number of aliphatic carboxylic acids is 1. The highest BCUT2D eigenvalue weighted by atomic mass is 16.4. The second-order valence-corrected chi connectivity index (χ2v) is 5.06. The number of carbonyl (C=O) groups excluding carboxylic acids is 1. The van der Waals surface area contributed by atoms with Crippen molar-refractivity contribution in [3.05, 3.63) is 47.0 Å². The maximum absolute atomic E-state index is 12.4. The summed E-state index contributed by atoms with van der Waals surface area (Å²) in [6, 6.07) is 6.92. The van der Waals surface area contributed by atoms with Crippen LogP contribution in [-0.2, 0) is 22.6 Å². The van der Waals surface area contributed by atoms with Crippen LogP contribution in [0, 0.1) is 0 Å². The number of fused-ring (bicyclic) bond motifs is 1. The molecule has 0 aliphatic carbocycles. The van der Waals surface area contributed by atoms with E-state index in [1.807, 2.05) is 37.3 Å². The highest BCUT2D eigenvalue weighted by Gasteiger charge is 2.34. The molecular weight excluding hydrogens is 254 g/mol. The summed E-state index contributed by atoms with van der Waals surface area (Å²) in [7, 11) is 0. The van der Waals surface area contributed by atoms with Crippen LogP contribution in [0.1, 0.15) is 31.4 Å². The molecule has 2 rings (SSSR count). The van der Waals surface area contributed by atoms with E-state index < -0.39 is 12.0 Å². The van der Waals surface area contributed by atoms with Gasteiger partial charge in [-0.1, -0.05) is 37.3 Å². The van der Waals surface area contributed by atoms with Crippen LogP contribution in [-0.4, -0.2) is 27.9 Å². The van der Waals surface area contributed by atoms with Crippen molar-refractivity contribution >= 4 is 11.9 Å². The molecule has 0 fully saturated rings. The van der Waals surface area contributed by atoms with Crippen molar-refractivity contribution in [1.82, 2.24) is 4.90 Å². The molecule has 1 aliphatic heterocycles. The molecule has 1 atom stereocenters. The monoisotopic (exact) mass is 273 g/mol. The average molecular weight is 273 g/mol. The number of rotatable bonds is 3. The van der Waals surface area contributed by atoms with Crippen LogP contribution in [0.15, 0.2) is 35.9 Å². The first-order chi connectivity index (χ1) is 9.54. The molecule has 106 valence electrons. The Bertz CT molecular complexity index is 563. The van der Waals surface area contributed by atoms with Crippen molar-refractivity contribution in [2.24, 2.45) is 0 Å². The van der Waals surface area contributed by atoms with Gasteiger partial charge in [0, 0.05) is 18.5 Å². The lowest BCUT2D eigenvalue weighted by Gasteiger charge is -2.34. The van der Waals surface area contributed by atoms with Crippen LogP contribution >= 0.6 is 0 Å². The van der Waals surface area contributed by atoms with Crippen LogP contribution in [0.5, 0.6) is 0 Å². The van der Waals surface area contributed by atoms with Crippen LogP contribution in [0.2, 0.25) is 0 Å². The standard InChI is InChI=1S/C16H19NO3/c1-3-6-11(2)15(18)17-10-13-8-5-4-7-12(13)9-14(17)16(19)20/h4-8,14H,3,9-10H2,1-2H3,(H,19,20)/b11-6+/t14-/m0/s1. The smallest absolute Gasteiger partial charge is 0.326 e. The zero-order chi connectivity index (χ0) is 14.7. The zero-order valence-electron chi connectivity index (χ0n) is 11.8. The summed E-state index contributed by atoms with van der Waals surface area (Å²) in [4.78, 5) is 25.3. The summed E-state index contributed by atoms with van der Waals surface area (Å²) in [5.74, 6) is -1.13. The van der Waals surface area contributed by atoms with Crippen LogP contribution in [0.4, 0.5) is 0 Å². The van der Waals surface area contributed by atoms with Gasteiger partial charge in [0.2, 0.25) is 5.91 Å². The number of benzene rings is 1. The Kier molecular flexibility index (Phi) is 4.23. The third kappa shape index (κ3) is 2.74. The first-order valence-electron chi connectivity index (χ1n) is 6.82. The third-order valence-corrected chi connectivity index (χ3v) is 3.64. The first kappa shape index (κ1) is 14.3. The minimum Gasteiger partial charge on any atom is -0.480 e. The Hall–Kier alpha value is -2.10. The summed E-state index contributed by atoms with van der Waals surface area (Å²) in [5, 5.41) is 9.38. The van der Waals surface area contributed by atoms with Gasteiger partial charge in [0.15, 0.2) is 0 Å². The topological polar surface area (TPSA) is 57.6 Å². The number of hydrogen-bond donors (Lipinski definition) is 1. The third-order valence-electron chi connectivity index (χ3n) is 3.64. The second-order valence-electron chi connectivity index (χ2n) is 5.06. The van der Waals surface area contributed by atoms with E-state index in [-0.39, 0.29) is 5.91 Å². The minimum absolute atomic E-state index is 0.186. The highest BCUT2D eigenvalue weighted by Crippen LogP contribution is 2.24. The normalized spacial score (nSPS) is 18.6. The predicted molar refractivity (Wildman–Crippen MR) is 76.2 cm³/mol. The number of carboxylic acids is 1. The van der Waals surface area contributed by atoms with E-state index in [0.29, 0.717) is 18.5 Å². The van der Waals surface area contributed by atoms with Crippen molar-refractivity contribution in [3.63, 3.8) is 0 Å². The molecule has 0 spiro atoms. The molecule has 0 saturated carbocycles. The lowest BCUT2D eigenvalue weighted by atomic mass is 9.93. The molecule has 1 aromatic carbocycles. The first-order valence-corrected chi connectivity index (χ1v) is 6.82. The fourth-order valence-corrected chi connectivity index (χ4v) is 2.58. The summed E-state index contributed by atoms with van der Waals surface area (Å²) in [6.45, 7) is 4.06. The summed E-state index contributed by atoms with van der Waals surface area (Å²) >= 11 is 0. The number of amides is 1. The SMILES string of the molecule is CC/C=C(\C)C(=O)N1Cc2ccccc2C[C@H]1C(=O)O. The largest absolute Gasteiger partial charge is 0.480 e. The molecule has 1 heterocycles. The summed E-state index contributed by atoms with van der Waals surface area (Å²) in [5.41, 5.74) is 2.65. The Balaban J connectivity index is 2.34. The molecule has 20 heavy (non-hydrogen) atoms. The van der Waals surface area contributed by atoms with Gasteiger partial charge >= 0.3 is 5.97 Å². The van der Waals surface area contributed by atoms with E-state index >= 15 is 0 Å². The molecule has 4 heteroatoms. The lowest BCUT2D eigenvalue weighted by Crippen LogP contribution is -2.48. The molecular formula is C16H19NO3. The number of carboxylic acid groups (broad SMARTS) is 1. The Labute approximate surface area is 118 Å². The van der Waals surface area contributed by atoms with Crippen LogP contribution in [0.3, 0.4) is 0 Å². The molecule has 1 aliphatic rings. The molecule has 4 nitrogen and oxygen atoms in total. The van der Waals surface area contributed by atoms with Gasteiger partial charge in [0.25, 0.3) is 0 Å². The van der Waals surface area contributed by atoms with Gasteiger partial charge < -0.3 is 10.0 Å². The average Bonchev–Trinajstić information content (AvgIpc) is 2.45. The quantitative estimate of drug-likeness (QED) is 0.860. The molecule has 0 saturated heterocycles. The zero-order valence-corrected chi connectivity index (χ0v) is 11.8.